The molecular weight excluding hydrogens is 388 g/mol. The normalized spacial score (nSPS) is 11.1. The van der Waals surface area contributed by atoms with Crippen LogP contribution >= 0.6 is 43.2 Å². The molecule has 5 heteroatoms. The van der Waals surface area contributed by atoms with Crippen molar-refractivity contribution in [1.82, 2.24) is 4.98 Å². The molecule has 0 N–H and O–H groups in total. The van der Waals surface area contributed by atoms with Gasteiger partial charge in [0.2, 0.25) is 0 Å². The third-order valence-electron chi connectivity index (χ3n) is 2.85. The molecule has 0 unspecified atom stereocenters. The van der Waals surface area contributed by atoms with Crippen LogP contribution in [0.4, 0.5) is 0 Å². The second-order valence-corrected chi connectivity index (χ2v) is 7.07. The number of aromatic nitrogens is 2. The van der Waals surface area contributed by atoms with E-state index in [1.807, 2.05) is 12.1 Å². The number of hydrogen-bond donors (Lipinski definition) is 0. The zero-order valence-electron chi connectivity index (χ0n) is 10.2. The van der Waals surface area contributed by atoms with Crippen molar-refractivity contribution in [2.75, 3.05) is 0 Å². The molecule has 0 aliphatic heterocycles. The molecule has 3 rings (SSSR count). The summed E-state index contributed by atoms with van der Waals surface area (Å²) in [6.45, 7) is 3.08. The molecule has 0 aliphatic rings. The Hall–Kier alpha value is -0.780. The Kier molecular flexibility index (Phi) is 3.69. The van der Waals surface area contributed by atoms with Gasteiger partial charge in [-0.1, -0.05) is 15.9 Å². The van der Waals surface area contributed by atoms with Crippen LogP contribution in [-0.2, 0) is 6.54 Å². The van der Waals surface area contributed by atoms with Gasteiger partial charge in [-0.05, 0) is 47.1 Å². The SMILES string of the molecule is CC[n+]1cc(Br)cc(-c2nc3ccc(Br)cc3s2)c1. The standard InChI is InChI=1S/C14H11Br2N2S/c1-2-18-7-9(5-11(16)8-18)14-17-12-4-3-10(15)6-13(12)19-14/h3-8H,2H2,1H3/q+1. The summed E-state index contributed by atoms with van der Waals surface area (Å²) in [6, 6.07) is 8.30. The molecule has 1 aromatic carbocycles. The van der Waals surface area contributed by atoms with Crippen molar-refractivity contribution >= 4 is 53.4 Å². The average Bonchev–Trinajstić information content (AvgIpc) is 2.80. The van der Waals surface area contributed by atoms with E-state index in [4.69, 9.17) is 4.98 Å². The summed E-state index contributed by atoms with van der Waals surface area (Å²) in [6.07, 6.45) is 4.21. The first kappa shape index (κ1) is 13.2. The van der Waals surface area contributed by atoms with Gasteiger partial charge in [0.05, 0.1) is 20.3 Å². The highest BCUT2D eigenvalue weighted by Gasteiger charge is 2.11. The summed E-state index contributed by atoms with van der Waals surface area (Å²) in [5.74, 6) is 0. The van der Waals surface area contributed by atoms with E-state index in [1.165, 1.54) is 4.70 Å². The van der Waals surface area contributed by atoms with Gasteiger partial charge in [-0.15, -0.1) is 11.3 Å². The fraction of sp³-hybridized carbons (Fsp3) is 0.143. The molecule has 2 aromatic heterocycles. The monoisotopic (exact) mass is 397 g/mol. The Morgan fingerprint density at radius 3 is 2.79 bits per heavy atom. The summed E-state index contributed by atoms with van der Waals surface area (Å²) in [5, 5.41) is 1.05. The first-order valence-corrected chi connectivity index (χ1v) is 8.32. The van der Waals surface area contributed by atoms with Gasteiger partial charge in [0.1, 0.15) is 11.6 Å². The number of halogens is 2. The first-order chi connectivity index (χ1) is 9.15. The molecule has 0 spiro atoms. The van der Waals surface area contributed by atoms with E-state index < -0.39 is 0 Å². The Balaban J connectivity index is 2.15. The second kappa shape index (κ2) is 5.31. The molecule has 0 bridgehead atoms. The molecular formula is C14H11Br2N2S+. The third-order valence-corrected chi connectivity index (χ3v) is 4.84. The summed E-state index contributed by atoms with van der Waals surface area (Å²) in [4.78, 5) is 4.70. The molecule has 2 heterocycles. The number of aryl methyl sites for hydroxylation is 1. The molecule has 0 aliphatic carbocycles. The van der Waals surface area contributed by atoms with Gasteiger partial charge in [0.15, 0.2) is 12.4 Å². The lowest BCUT2D eigenvalue weighted by atomic mass is 10.3. The predicted octanol–water partition coefficient (Wildman–Crippen LogP) is 4.80. The highest BCUT2D eigenvalue weighted by Crippen LogP contribution is 2.32. The molecule has 96 valence electrons. The quantitative estimate of drug-likeness (QED) is 0.566. The van der Waals surface area contributed by atoms with Crippen molar-refractivity contribution in [3.05, 3.63) is 45.6 Å². The third kappa shape index (κ3) is 2.73. The van der Waals surface area contributed by atoms with Crippen LogP contribution in [0.25, 0.3) is 20.8 Å². The van der Waals surface area contributed by atoms with Crippen molar-refractivity contribution in [1.29, 1.82) is 0 Å². The van der Waals surface area contributed by atoms with Crippen LogP contribution in [-0.4, -0.2) is 4.98 Å². The van der Waals surface area contributed by atoms with Crippen molar-refractivity contribution in [3.63, 3.8) is 0 Å². The molecule has 2 nitrogen and oxygen atoms in total. The van der Waals surface area contributed by atoms with Gasteiger partial charge in [0, 0.05) is 4.47 Å². The Morgan fingerprint density at radius 2 is 2.00 bits per heavy atom. The van der Waals surface area contributed by atoms with E-state index in [1.54, 1.807) is 11.3 Å². The zero-order valence-corrected chi connectivity index (χ0v) is 14.2. The number of fused-ring (bicyclic) bond motifs is 1. The fourth-order valence-electron chi connectivity index (χ4n) is 1.92. The van der Waals surface area contributed by atoms with E-state index in [9.17, 15) is 0 Å². The number of hydrogen-bond acceptors (Lipinski definition) is 2. The lowest BCUT2D eigenvalue weighted by molar-refractivity contribution is -0.693. The summed E-state index contributed by atoms with van der Waals surface area (Å²) in [5.41, 5.74) is 2.19. The van der Waals surface area contributed by atoms with Crippen LogP contribution in [0.1, 0.15) is 6.92 Å². The summed E-state index contributed by atoms with van der Waals surface area (Å²) >= 11 is 8.77. The lowest BCUT2D eigenvalue weighted by Crippen LogP contribution is -2.31. The van der Waals surface area contributed by atoms with Crippen LogP contribution < -0.4 is 4.57 Å². The van der Waals surface area contributed by atoms with E-state index in [0.717, 1.165) is 31.6 Å². The maximum absolute atomic E-state index is 4.70. The van der Waals surface area contributed by atoms with Gasteiger partial charge in [-0.25, -0.2) is 9.55 Å². The van der Waals surface area contributed by atoms with Crippen LogP contribution in [0, 0.1) is 0 Å². The van der Waals surface area contributed by atoms with E-state index in [0.29, 0.717) is 0 Å². The Labute approximate surface area is 132 Å². The van der Waals surface area contributed by atoms with E-state index in [-0.39, 0.29) is 0 Å². The summed E-state index contributed by atoms with van der Waals surface area (Å²) < 4.78 is 5.52. The van der Waals surface area contributed by atoms with Gasteiger partial charge >= 0.3 is 0 Å². The van der Waals surface area contributed by atoms with Gasteiger partial charge in [-0.2, -0.15) is 0 Å². The Morgan fingerprint density at radius 1 is 1.16 bits per heavy atom. The van der Waals surface area contributed by atoms with Gasteiger partial charge in [0.25, 0.3) is 0 Å². The van der Waals surface area contributed by atoms with Crippen LogP contribution in [0.3, 0.4) is 0 Å². The minimum absolute atomic E-state index is 0.947. The first-order valence-electron chi connectivity index (χ1n) is 5.92. The largest absolute Gasteiger partial charge is 0.236 e. The highest BCUT2D eigenvalue weighted by molar-refractivity contribution is 9.10. The van der Waals surface area contributed by atoms with Crippen molar-refractivity contribution in [2.24, 2.45) is 0 Å². The molecule has 0 saturated heterocycles. The van der Waals surface area contributed by atoms with Crippen LogP contribution in [0.15, 0.2) is 45.6 Å². The number of rotatable bonds is 2. The topological polar surface area (TPSA) is 16.8 Å². The maximum Gasteiger partial charge on any atom is 0.183 e. The molecule has 0 amide bonds. The van der Waals surface area contributed by atoms with E-state index in [2.05, 4.69) is 67.9 Å². The number of benzene rings is 1. The Bertz CT molecular complexity index is 752. The highest BCUT2D eigenvalue weighted by atomic mass is 79.9. The molecule has 0 fully saturated rings. The van der Waals surface area contributed by atoms with Crippen LogP contribution in [0.2, 0.25) is 0 Å². The molecule has 3 aromatic rings. The maximum atomic E-state index is 4.70. The van der Waals surface area contributed by atoms with E-state index >= 15 is 0 Å². The fourth-order valence-corrected chi connectivity index (χ4v) is 3.93. The zero-order chi connectivity index (χ0) is 13.4. The van der Waals surface area contributed by atoms with Gasteiger partial charge in [-0.3, -0.25) is 0 Å². The number of thiazole rings is 1. The molecule has 0 atom stereocenters. The van der Waals surface area contributed by atoms with Crippen LogP contribution in [0.5, 0.6) is 0 Å². The van der Waals surface area contributed by atoms with Crippen molar-refractivity contribution < 1.29 is 4.57 Å². The summed E-state index contributed by atoms with van der Waals surface area (Å²) in [7, 11) is 0. The smallest absolute Gasteiger partial charge is 0.183 e. The van der Waals surface area contributed by atoms with Crippen molar-refractivity contribution in [3.8, 4) is 10.6 Å². The minimum Gasteiger partial charge on any atom is -0.236 e. The van der Waals surface area contributed by atoms with Crippen molar-refractivity contribution in [2.45, 2.75) is 13.5 Å². The molecule has 0 saturated carbocycles. The minimum atomic E-state index is 0.947. The van der Waals surface area contributed by atoms with Gasteiger partial charge < -0.3 is 0 Å². The molecule has 19 heavy (non-hydrogen) atoms. The number of nitrogens with zero attached hydrogens (tertiary/aromatic N) is 2. The predicted molar refractivity (Wildman–Crippen MR) is 86.3 cm³/mol. The average molecular weight is 399 g/mol. The number of pyridine rings is 1. The second-order valence-electron chi connectivity index (χ2n) is 4.20. The molecule has 0 radical (unpaired) electrons. The lowest BCUT2D eigenvalue weighted by Gasteiger charge is -1.97.